The van der Waals surface area contributed by atoms with Gasteiger partial charge in [-0.15, -0.1) is 0 Å². The molecule has 1 N–H and O–H groups in total. The van der Waals surface area contributed by atoms with E-state index in [1.165, 1.54) is 12.1 Å². The van der Waals surface area contributed by atoms with Crippen LogP contribution < -0.4 is 5.32 Å². The third-order valence-electron chi connectivity index (χ3n) is 2.77. The highest BCUT2D eigenvalue weighted by atomic mass is 19.4. The number of hydrogen-bond acceptors (Lipinski definition) is 2. The number of alkyl halides is 3. The van der Waals surface area contributed by atoms with Crippen molar-refractivity contribution in [3.05, 3.63) is 35.4 Å². The Bertz CT molecular complexity index is 357. The van der Waals surface area contributed by atoms with E-state index >= 15 is 0 Å². The highest BCUT2D eigenvalue weighted by Gasteiger charge is 2.29. The predicted molar refractivity (Wildman–Crippen MR) is 57.5 cm³/mol. The molecule has 1 aromatic carbocycles. The second-order valence-corrected chi connectivity index (χ2v) is 4.23. The standard InChI is InChI=1S/C12H14F3NO/c13-12(14,15)11-3-1-9(2-4-11)7-17-8-10-5-16-6-10/h1-4,10,16H,5-8H2. The van der Waals surface area contributed by atoms with Crippen molar-refractivity contribution < 1.29 is 17.9 Å². The minimum absolute atomic E-state index is 0.370. The summed E-state index contributed by atoms with van der Waals surface area (Å²) in [5.74, 6) is 0.546. The number of halogens is 3. The average Bonchev–Trinajstić information content (AvgIpc) is 2.21. The molecule has 0 aromatic heterocycles. The van der Waals surface area contributed by atoms with Crippen LogP contribution in [0.25, 0.3) is 0 Å². The first-order chi connectivity index (χ1) is 8.05. The maximum Gasteiger partial charge on any atom is 0.416 e. The average molecular weight is 245 g/mol. The van der Waals surface area contributed by atoms with Gasteiger partial charge >= 0.3 is 6.18 Å². The fourth-order valence-corrected chi connectivity index (χ4v) is 1.60. The molecule has 1 aromatic rings. The van der Waals surface area contributed by atoms with Gasteiger partial charge in [0.15, 0.2) is 0 Å². The monoisotopic (exact) mass is 245 g/mol. The summed E-state index contributed by atoms with van der Waals surface area (Å²) in [4.78, 5) is 0. The van der Waals surface area contributed by atoms with Crippen LogP contribution in [-0.4, -0.2) is 19.7 Å². The molecule has 2 nitrogen and oxygen atoms in total. The van der Waals surface area contributed by atoms with Gasteiger partial charge in [-0.2, -0.15) is 13.2 Å². The maximum absolute atomic E-state index is 12.3. The number of rotatable bonds is 4. The van der Waals surface area contributed by atoms with E-state index in [1.807, 2.05) is 0 Å². The molecule has 1 saturated heterocycles. The van der Waals surface area contributed by atoms with Crippen molar-refractivity contribution in [2.24, 2.45) is 5.92 Å². The number of hydrogen-bond donors (Lipinski definition) is 1. The summed E-state index contributed by atoms with van der Waals surface area (Å²) in [7, 11) is 0. The Morgan fingerprint density at radius 3 is 2.29 bits per heavy atom. The SMILES string of the molecule is FC(F)(F)c1ccc(COCC2CNC2)cc1. The minimum atomic E-state index is -4.27. The molecule has 1 aliphatic heterocycles. The summed E-state index contributed by atoms with van der Waals surface area (Å²) < 4.78 is 42.3. The molecule has 1 aliphatic rings. The molecule has 0 atom stereocenters. The van der Waals surface area contributed by atoms with Gasteiger partial charge in [-0.25, -0.2) is 0 Å². The van der Waals surface area contributed by atoms with Gasteiger partial charge in [0.25, 0.3) is 0 Å². The molecule has 0 spiro atoms. The van der Waals surface area contributed by atoms with E-state index in [0.29, 0.717) is 19.1 Å². The summed E-state index contributed by atoms with van der Waals surface area (Å²) >= 11 is 0. The van der Waals surface area contributed by atoms with Crippen molar-refractivity contribution in [2.75, 3.05) is 19.7 Å². The van der Waals surface area contributed by atoms with Gasteiger partial charge in [-0.3, -0.25) is 0 Å². The molecule has 0 amide bonds. The second-order valence-electron chi connectivity index (χ2n) is 4.23. The van der Waals surface area contributed by atoms with Crippen molar-refractivity contribution in [2.45, 2.75) is 12.8 Å². The molecular weight excluding hydrogens is 231 g/mol. The van der Waals surface area contributed by atoms with Crippen LogP contribution in [0.1, 0.15) is 11.1 Å². The van der Waals surface area contributed by atoms with Gasteiger partial charge in [-0.1, -0.05) is 12.1 Å². The summed E-state index contributed by atoms with van der Waals surface area (Å²) in [6, 6.07) is 5.09. The molecular formula is C12H14F3NO. The molecule has 1 fully saturated rings. The van der Waals surface area contributed by atoms with E-state index in [0.717, 1.165) is 30.8 Å². The van der Waals surface area contributed by atoms with Crippen molar-refractivity contribution >= 4 is 0 Å². The third-order valence-corrected chi connectivity index (χ3v) is 2.77. The van der Waals surface area contributed by atoms with Crippen LogP contribution in [0.5, 0.6) is 0 Å². The molecule has 5 heteroatoms. The van der Waals surface area contributed by atoms with Gasteiger partial charge in [0.1, 0.15) is 0 Å². The van der Waals surface area contributed by atoms with Crippen LogP contribution in [0.15, 0.2) is 24.3 Å². The zero-order valence-corrected chi connectivity index (χ0v) is 9.26. The highest BCUT2D eigenvalue weighted by molar-refractivity contribution is 5.24. The van der Waals surface area contributed by atoms with E-state index in [2.05, 4.69) is 5.32 Å². The van der Waals surface area contributed by atoms with Gasteiger partial charge in [0.05, 0.1) is 18.8 Å². The van der Waals surface area contributed by atoms with E-state index in [9.17, 15) is 13.2 Å². The lowest BCUT2D eigenvalue weighted by Crippen LogP contribution is -2.44. The Labute approximate surface area is 97.8 Å². The molecule has 94 valence electrons. The van der Waals surface area contributed by atoms with Gasteiger partial charge < -0.3 is 10.1 Å². The lowest BCUT2D eigenvalue weighted by Gasteiger charge is -2.26. The molecule has 0 saturated carbocycles. The normalized spacial score (nSPS) is 16.9. The smallest absolute Gasteiger partial charge is 0.376 e. The number of ether oxygens (including phenoxy) is 1. The van der Waals surface area contributed by atoms with Gasteiger partial charge in [0, 0.05) is 19.0 Å². The van der Waals surface area contributed by atoms with Crippen LogP contribution in [0, 0.1) is 5.92 Å². The quantitative estimate of drug-likeness (QED) is 0.879. The molecule has 1 heterocycles. The van der Waals surface area contributed by atoms with Crippen LogP contribution in [0.4, 0.5) is 13.2 Å². The minimum Gasteiger partial charge on any atom is -0.376 e. The largest absolute Gasteiger partial charge is 0.416 e. The zero-order chi connectivity index (χ0) is 12.3. The number of nitrogens with one attached hydrogen (secondary N) is 1. The molecule has 0 bridgehead atoms. The van der Waals surface area contributed by atoms with Crippen molar-refractivity contribution in [3.63, 3.8) is 0 Å². The Morgan fingerprint density at radius 2 is 1.82 bits per heavy atom. The van der Waals surface area contributed by atoms with Crippen molar-refractivity contribution in [1.29, 1.82) is 0 Å². The lowest BCUT2D eigenvalue weighted by molar-refractivity contribution is -0.137. The molecule has 0 radical (unpaired) electrons. The fraction of sp³-hybridized carbons (Fsp3) is 0.500. The zero-order valence-electron chi connectivity index (χ0n) is 9.26. The predicted octanol–water partition coefficient (Wildman–Crippen LogP) is 2.44. The van der Waals surface area contributed by atoms with E-state index in [-0.39, 0.29) is 0 Å². The van der Waals surface area contributed by atoms with Gasteiger partial charge in [-0.05, 0) is 17.7 Å². The van der Waals surface area contributed by atoms with Crippen LogP contribution >= 0.6 is 0 Å². The van der Waals surface area contributed by atoms with E-state index in [4.69, 9.17) is 4.74 Å². The lowest BCUT2D eigenvalue weighted by atomic mass is 10.1. The fourth-order valence-electron chi connectivity index (χ4n) is 1.60. The second kappa shape index (κ2) is 5.06. The summed E-state index contributed by atoms with van der Waals surface area (Å²) in [5.41, 5.74) is 0.148. The number of benzene rings is 1. The van der Waals surface area contributed by atoms with E-state index < -0.39 is 11.7 Å². The third kappa shape index (κ3) is 3.44. The Hall–Kier alpha value is -1.07. The topological polar surface area (TPSA) is 21.3 Å². The van der Waals surface area contributed by atoms with Gasteiger partial charge in [0.2, 0.25) is 0 Å². The van der Waals surface area contributed by atoms with Crippen molar-refractivity contribution in [1.82, 2.24) is 5.32 Å². The Balaban J connectivity index is 1.81. The molecule has 0 aliphatic carbocycles. The maximum atomic E-state index is 12.3. The Morgan fingerprint density at radius 1 is 1.18 bits per heavy atom. The van der Waals surface area contributed by atoms with Crippen LogP contribution in [0.3, 0.4) is 0 Å². The van der Waals surface area contributed by atoms with Crippen LogP contribution in [0.2, 0.25) is 0 Å². The Kier molecular flexibility index (Phi) is 3.69. The molecule has 0 unspecified atom stereocenters. The first-order valence-corrected chi connectivity index (χ1v) is 5.50. The first kappa shape index (κ1) is 12.4. The summed E-state index contributed by atoms with van der Waals surface area (Å²) in [5, 5.41) is 3.13. The van der Waals surface area contributed by atoms with Crippen LogP contribution in [-0.2, 0) is 17.5 Å². The first-order valence-electron chi connectivity index (χ1n) is 5.50. The molecule has 2 rings (SSSR count). The van der Waals surface area contributed by atoms with E-state index in [1.54, 1.807) is 0 Å². The summed E-state index contributed by atoms with van der Waals surface area (Å²) in [6.07, 6.45) is -4.27. The molecule has 17 heavy (non-hydrogen) atoms. The highest BCUT2D eigenvalue weighted by Crippen LogP contribution is 2.29. The van der Waals surface area contributed by atoms with Crippen molar-refractivity contribution in [3.8, 4) is 0 Å². The summed E-state index contributed by atoms with van der Waals surface area (Å²) in [6.45, 7) is 2.96.